The molecule has 0 aromatic rings. The zero-order valence-electron chi connectivity index (χ0n) is 10.0. The highest BCUT2D eigenvalue weighted by molar-refractivity contribution is 5.87. The minimum atomic E-state index is 0.0128. The van der Waals surface area contributed by atoms with Gasteiger partial charge < -0.3 is 5.32 Å². The molecular formula is C12H23NO. The summed E-state index contributed by atoms with van der Waals surface area (Å²) in [6.07, 6.45) is 3.33. The monoisotopic (exact) mass is 197 g/mol. The first kappa shape index (κ1) is 13.2. The number of carbonyl (C=O) groups excluding carboxylic acids is 1. The van der Waals surface area contributed by atoms with Gasteiger partial charge in [0.25, 0.3) is 0 Å². The van der Waals surface area contributed by atoms with Crippen LogP contribution in [0.2, 0.25) is 0 Å². The van der Waals surface area contributed by atoms with E-state index in [4.69, 9.17) is 0 Å². The maximum Gasteiger partial charge on any atom is 0.243 e. The SMILES string of the molecule is C/C=C/C(=O)NCC(C(C)C)C(C)C. The maximum atomic E-state index is 11.2. The van der Waals surface area contributed by atoms with E-state index >= 15 is 0 Å². The third-order valence-electron chi connectivity index (χ3n) is 2.54. The van der Waals surface area contributed by atoms with Crippen LogP contribution in [-0.4, -0.2) is 12.5 Å². The molecule has 82 valence electrons. The number of allylic oxidation sites excluding steroid dienone is 1. The Labute approximate surface area is 87.8 Å². The predicted molar refractivity (Wildman–Crippen MR) is 61.0 cm³/mol. The van der Waals surface area contributed by atoms with Gasteiger partial charge in [-0.25, -0.2) is 0 Å². The summed E-state index contributed by atoms with van der Waals surface area (Å²) < 4.78 is 0. The normalized spacial score (nSPS) is 12.0. The van der Waals surface area contributed by atoms with E-state index in [2.05, 4.69) is 33.0 Å². The summed E-state index contributed by atoms with van der Waals surface area (Å²) in [5, 5.41) is 2.92. The molecule has 0 bridgehead atoms. The van der Waals surface area contributed by atoms with E-state index in [1.165, 1.54) is 0 Å². The smallest absolute Gasteiger partial charge is 0.243 e. The van der Waals surface area contributed by atoms with Crippen molar-refractivity contribution in [2.75, 3.05) is 6.54 Å². The molecule has 0 heterocycles. The van der Waals surface area contributed by atoms with Crippen LogP contribution in [0.1, 0.15) is 34.6 Å². The Morgan fingerprint density at radius 1 is 1.21 bits per heavy atom. The van der Waals surface area contributed by atoms with Gasteiger partial charge in [-0.1, -0.05) is 33.8 Å². The molecule has 0 aromatic carbocycles. The Kier molecular flexibility index (Phi) is 6.26. The average molecular weight is 197 g/mol. The van der Waals surface area contributed by atoms with Crippen molar-refractivity contribution < 1.29 is 4.79 Å². The van der Waals surface area contributed by atoms with Crippen LogP contribution >= 0.6 is 0 Å². The first-order valence-corrected chi connectivity index (χ1v) is 5.39. The zero-order valence-corrected chi connectivity index (χ0v) is 10.0. The molecule has 0 spiro atoms. The first-order valence-electron chi connectivity index (χ1n) is 5.39. The molecule has 0 atom stereocenters. The van der Waals surface area contributed by atoms with Crippen molar-refractivity contribution in [1.82, 2.24) is 5.32 Å². The van der Waals surface area contributed by atoms with Gasteiger partial charge >= 0.3 is 0 Å². The van der Waals surface area contributed by atoms with Crippen LogP contribution in [0.15, 0.2) is 12.2 Å². The molecule has 2 heteroatoms. The van der Waals surface area contributed by atoms with Gasteiger partial charge in [-0.15, -0.1) is 0 Å². The molecule has 0 unspecified atom stereocenters. The molecule has 2 nitrogen and oxygen atoms in total. The zero-order chi connectivity index (χ0) is 11.1. The molecule has 14 heavy (non-hydrogen) atoms. The van der Waals surface area contributed by atoms with E-state index < -0.39 is 0 Å². The largest absolute Gasteiger partial charge is 0.352 e. The molecule has 1 amide bonds. The molecule has 0 aliphatic carbocycles. The van der Waals surface area contributed by atoms with Crippen molar-refractivity contribution in [1.29, 1.82) is 0 Å². The average Bonchev–Trinajstić information content (AvgIpc) is 2.03. The highest BCUT2D eigenvalue weighted by Gasteiger charge is 2.17. The fraction of sp³-hybridized carbons (Fsp3) is 0.750. The van der Waals surface area contributed by atoms with Gasteiger partial charge in [0, 0.05) is 6.54 Å². The third kappa shape index (κ3) is 5.05. The lowest BCUT2D eigenvalue weighted by atomic mass is 9.85. The summed E-state index contributed by atoms with van der Waals surface area (Å²) in [4.78, 5) is 11.2. The lowest BCUT2D eigenvalue weighted by Crippen LogP contribution is -2.32. The summed E-state index contributed by atoms with van der Waals surface area (Å²) in [7, 11) is 0. The Hall–Kier alpha value is -0.790. The number of amides is 1. The number of hydrogen-bond acceptors (Lipinski definition) is 1. The molecule has 0 fully saturated rings. The van der Waals surface area contributed by atoms with Crippen LogP contribution in [0.4, 0.5) is 0 Å². The van der Waals surface area contributed by atoms with Crippen molar-refractivity contribution in [2.24, 2.45) is 17.8 Å². The van der Waals surface area contributed by atoms with Gasteiger partial charge in [-0.05, 0) is 30.8 Å². The highest BCUT2D eigenvalue weighted by Crippen LogP contribution is 2.19. The Bertz CT molecular complexity index is 186. The lowest BCUT2D eigenvalue weighted by Gasteiger charge is -2.24. The van der Waals surface area contributed by atoms with Gasteiger partial charge in [-0.3, -0.25) is 4.79 Å². The van der Waals surface area contributed by atoms with Crippen molar-refractivity contribution in [3.8, 4) is 0 Å². The van der Waals surface area contributed by atoms with E-state index in [0.29, 0.717) is 17.8 Å². The van der Waals surface area contributed by atoms with Gasteiger partial charge in [-0.2, -0.15) is 0 Å². The predicted octanol–water partition coefficient (Wildman–Crippen LogP) is 2.61. The summed E-state index contributed by atoms with van der Waals surface area (Å²) in [5.41, 5.74) is 0. The standard InChI is InChI=1S/C12H23NO/c1-6-7-12(14)13-8-11(9(2)3)10(4)5/h6-7,9-11H,8H2,1-5H3,(H,13,14)/b7-6+. The second kappa shape index (κ2) is 6.63. The van der Waals surface area contributed by atoms with Gasteiger partial charge in [0.2, 0.25) is 5.91 Å². The van der Waals surface area contributed by atoms with Crippen LogP contribution < -0.4 is 5.32 Å². The van der Waals surface area contributed by atoms with Gasteiger partial charge in [0.05, 0.1) is 0 Å². The molecular weight excluding hydrogens is 174 g/mol. The summed E-state index contributed by atoms with van der Waals surface area (Å²) in [6.45, 7) is 11.4. The molecule has 0 rings (SSSR count). The van der Waals surface area contributed by atoms with E-state index in [0.717, 1.165) is 6.54 Å². The summed E-state index contributed by atoms with van der Waals surface area (Å²) in [6, 6.07) is 0. The molecule has 0 aliphatic heterocycles. The van der Waals surface area contributed by atoms with Crippen molar-refractivity contribution in [2.45, 2.75) is 34.6 Å². The van der Waals surface area contributed by atoms with Crippen LogP contribution in [0.3, 0.4) is 0 Å². The quantitative estimate of drug-likeness (QED) is 0.674. The highest BCUT2D eigenvalue weighted by atomic mass is 16.1. The molecule has 0 saturated heterocycles. The Morgan fingerprint density at radius 3 is 2.07 bits per heavy atom. The fourth-order valence-corrected chi connectivity index (χ4v) is 1.67. The van der Waals surface area contributed by atoms with E-state index in [1.54, 1.807) is 12.2 Å². The van der Waals surface area contributed by atoms with E-state index in [1.807, 2.05) is 6.92 Å². The van der Waals surface area contributed by atoms with Crippen molar-refractivity contribution in [3.63, 3.8) is 0 Å². The number of rotatable bonds is 5. The van der Waals surface area contributed by atoms with Crippen LogP contribution in [0, 0.1) is 17.8 Å². The fourth-order valence-electron chi connectivity index (χ4n) is 1.67. The van der Waals surface area contributed by atoms with Crippen molar-refractivity contribution >= 4 is 5.91 Å². The topological polar surface area (TPSA) is 29.1 Å². The first-order chi connectivity index (χ1) is 6.49. The van der Waals surface area contributed by atoms with Crippen LogP contribution in [0.5, 0.6) is 0 Å². The summed E-state index contributed by atoms with van der Waals surface area (Å²) in [5.74, 6) is 1.80. The number of hydrogen-bond donors (Lipinski definition) is 1. The molecule has 0 aliphatic rings. The van der Waals surface area contributed by atoms with E-state index in [-0.39, 0.29) is 5.91 Å². The van der Waals surface area contributed by atoms with Gasteiger partial charge in [0.15, 0.2) is 0 Å². The van der Waals surface area contributed by atoms with Crippen LogP contribution in [0.25, 0.3) is 0 Å². The van der Waals surface area contributed by atoms with Crippen molar-refractivity contribution in [3.05, 3.63) is 12.2 Å². The third-order valence-corrected chi connectivity index (χ3v) is 2.54. The minimum absolute atomic E-state index is 0.0128. The molecule has 0 radical (unpaired) electrons. The minimum Gasteiger partial charge on any atom is -0.352 e. The molecule has 0 aromatic heterocycles. The molecule has 0 saturated carbocycles. The Morgan fingerprint density at radius 2 is 1.71 bits per heavy atom. The van der Waals surface area contributed by atoms with Crippen LogP contribution in [-0.2, 0) is 4.79 Å². The lowest BCUT2D eigenvalue weighted by molar-refractivity contribution is -0.116. The molecule has 1 N–H and O–H groups in total. The Balaban J connectivity index is 4.00. The second-order valence-corrected chi connectivity index (χ2v) is 4.40. The second-order valence-electron chi connectivity index (χ2n) is 4.40. The maximum absolute atomic E-state index is 11.2. The summed E-state index contributed by atoms with van der Waals surface area (Å²) >= 11 is 0. The number of nitrogens with one attached hydrogen (secondary N) is 1. The van der Waals surface area contributed by atoms with E-state index in [9.17, 15) is 4.79 Å². The number of carbonyl (C=O) groups is 1. The van der Waals surface area contributed by atoms with Gasteiger partial charge in [0.1, 0.15) is 0 Å².